The molecule has 1 unspecified atom stereocenters. The number of aliphatic carboxylic acids is 1. The van der Waals surface area contributed by atoms with Crippen LogP contribution in [0.15, 0.2) is 0 Å². The lowest BCUT2D eigenvalue weighted by Crippen LogP contribution is -2.49. The van der Waals surface area contributed by atoms with Crippen molar-refractivity contribution in [3.05, 3.63) is 0 Å². The minimum Gasteiger partial charge on any atom is -0.481 e. The van der Waals surface area contributed by atoms with Crippen LogP contribution in [0.2, 0.25) is 0 Å². The van der Waals surface area contributed by atoms with Crippen molar-refractivity contribution in [1.82, 2.24) is 10.2 Å². The number of hydrogen-bond acceptors (Lipinski definition) is 3. The molecule has 0 aliphatic carbocycles. The van der Waals surface area contributed by atoms with E-state index < -0.39 is 5.97 Å². The van der Waals surface area contributed by atoms with E-state index in [0.29, 0.717) is 13.0 Å². The molecule has 1 rings (SSSR count). The molecule has 1 aliphatic heterocycles. The number of amides is 2. The Morgan fingerprint density at radius 1 is 1.40 bits per heavy atom. The second-order valence-electron chi connectivity index (χ2n) is 6.16. The van der Waals surface area contributed by atoms with Crippen LogP contribution < -0.4 is 5.32 Å². The third kappa shape index (κ3) is 6.03. The summed E-state index contributed by atoms with van der Waals surface area (Å²) < 4.78 is 0. The first-order chi connectivity index (χ1) is 9.32. The van der Waals surface area contributed by atoms with Crippen molar-refractivity contribution >= 4 is 23.8 Å². The lowest BCUT2D eigenvalue weighted by atomic mass is 9.84. The third-order valence-electron chi connectivity index (χ3n) is 3.72. The maximum atomic E-state index is 12.1. The molecule has 0 bridgehead atoms. The van der Waals surface area contributed by atoms with Crippen LogP contribution in [0.3, 0.4) is 0 Å². The van der Waals surface area contributed by atoms with Crippen molar-refractivity contribution in [1.29, 1.82) is 0 Å². The first kappa shape index (κ1) is 17.1. The van der Waals surface area contributed by atoms with E-state index in [1.807, 2.05) is 30.5 Å². The quantitative estimate of drug-likeness (QED) is 0.790. The molecule has 0 aromatic carbocycles. The number of hydrogen-bond donors (Lipinski definition) is 2. The molecule has 0 saturated carbocycles. The van der Waals surface area contributed by atoms with Crippen LogP contribution in [0.1, 0.15) is 40.0 Å². The molecule has 1 fully saturated rings. The number of nitrogens with zero attached hydrogens (tertiary/aromatic N) is 1. The molecule has 0 radical (unpaired) electrons. The summed E-state index contributed by atoms with van der Waals surface area (Å²) in [5.74, 6) is 1.24. The number of nitrogens with one attached hydrogen (secondary N) is 1. The predicted molar refractivity (Wildman–Crippen MR) is 82.2 cm³/mol. The summed E-state index contributed by atoms with van der Waals surface area (Å²) in [6.45, 7) is 7.56. The van der Waals surface area contributed by atoms with Gasteiger partial charge in [-0.2, -0.15) is 11.8 Å². The SMILES string of the molecule is CC1CSCCN1C(=O)NCCC(C)(C)CCC(=O)O. The summed E-state index contributed by atoms with van der Waals surface area (Å²) in [7, 11) is 0. The Morgan fingerprint density at radius 3 is 2.70 bits per heavy atom. The first-order valence-electron chi connectivity index (χ1n) is 7.16. The van der Waals surface area contributed by atoms with E-state index in [9.17, 15) is 9.59 Å². The molecular weight excluding hydrogens is 276 g/mol. The van der Waals surface area contributed by atoms with E-state index in [-0.39, 0.29) is 23.9 Å². The van der Waals surface area contributed by atoms with Crippen molar-refractivity contribution in [2.45, 2.75) is 46.1 Å². The highest BCUT2D eigenvalue weighted by Gasteiger charge is 2.24. The monoisotopic (exact) mass is 302 g/mol. The van der Waals surface area contributed by atoms with Crippen LogP contribution in [-0.4, -0.2) is 52.6 Å². The van der Waals surface area contributed by atoms with Gasteiger partial charge in [0.1, 0.15) is 0 Å². The van der Waals surface area contributed by atoms with E-state index >= 15 is 0 Å². The molecule has 1 saturated heterocycles. The Morgan fingerprint density at radius 2 is 2.10 bits per heavy atom. The van der Waals surface area contributed by atoms with E-state index in [2.05, 4.69) is 12.2 Å². The number of carboxylic acid groups (broad SMARTS) is 1. The first-order valence-corrected chi connectivity index (χ1v) is 8.31. The molecule has 2 N–H and O–H groups in total. The average molecular weight is 302 g/mol. The zero-order valence-electron chi connectivity index (χ0n) is 12.6. The van der Waals surface area contributed by atoms with Gasteiger partial charge in [-0.1, -0.05) is 13.8 Å². The summed E-state index contributed by atoms with van der Waals surface area (Å²) >= 11 is 1.88. The largest absolute Gasteiger partial charge is 0.481 e. The zero-order valence-corrected chi connectivity index (χ0v) is 13.5. The molecular formula is C14H26N2O3S. The highest BCUT2D eigenvalue weighted by molar-refractivity contribution is 7.99. The van der Waals surface area contributed by atoms with Gasteiger partial charge in [0.05, 0.1) is 0 Å². The standard InChI is InChI=1S/C14H26N2O3S/c1-11-10-20-9-8-16(11)13(19)15-7-6-14(2,3)5-4-12(17)18/h11H,4-10H2,1-3H3,(H,15,19)(H,17,18). The van der Waals surface area contributed by atoms with Gasteiger partial charge < -0.3 is 15.3 Å². The Kier molecular flexibility index (Phi) is 6.65. The molecule has 116 valence electrons. The topological polar surface area (TPSA) is 69.6 Å². The van der Waals surface area contributed by atoms with Gasteiger partial charge in [0.2, 0.25) is 0 Å². The highest BCUT2D eigenvalue weighted by atomic mass is 32.2. The molecule has 2 amide bonds. The van der Waals surface area contributed by atoms with Crippen LogP contribution in [0, 0.1) is 5.41 Å². The van der Waals surface area contributed by atoms with Crippen LogP contribution in [0.4, 0.5) is 4.79 Å². The van der Waals surface area contributed by atoms with Crippen molar-refractivity contribution in [2.24, 2.45) is 5.41 Å². The molecule has 0 spiro atoms. The highest BCUT2D eigenvalue weighted by Crippen LogP contribution is 2.26. The van der Waals surface area contributed by atoms with Gasteiger partial charge in [-0.05, 0) is 25.2 Å². The summed E-state index contributed by atoms with van der Waals surface area (Å²) in [5.41, 5.74) is -0.0605. The van der Waals surface area contributed by atoms with Crippen LogP contribution in [0.5, 0.6) is 0 Å². The summed E-state index contributed by atoms with van der Waals surface area (Å²) in [6.07, 6.45) is 1.61. The number of urea groups is 1. The lowest BCUT2D eigenvalue weighted by molar-refractivity contribution is -0.137. The smallest absolute Gasteiger partial charge is 0.317 e. The van der Waals surface area contributed by atoms with Gasteiger partial charge in [0.15, 0.2) is 0 Å². The fourth-order valence-electron chi connectivity index (χ4n) is 2.21. The predicted octanol–water partition coefficient (Wildman–Crippen LogP) is 2.41. The van der Waals surface area contributed by atoms with Crippen molar-refractivity contribution in [3.63, 3.8) is 0 Å². The zero-order chi connectivity index (χ0) is 15.2. The normalized spacial score (nSPS) is 19.8. The van der Waals surface area contributed by atoms with Gasteiger partial charge >= 0.3 is 12.0 Å². The molecule has 1 heterocycles. The fraction of sp³-hybridized carbons (Fsp3) is 0.857. The Labute approximate surface area is 125 Å². The number of thioether (sulfide) groups is 1. The van der Waals surface area contributed by atoms with E-state index in [4.69, 9.17) is 5.11 Å². The molecule has 6 heteroatoms. The fourth-order valence-corrected chi connectivity index (χ4v) is 3.22. The minimum atomic E-state index is -0.762. The molecule has 0 aromatic rings. The molecule has 1 aliphatic rings. The van der Waals surface area contributed by atoms with Gasteiger partial charge in [0.25, 0.3) is 0 Å². The maximum Gasteiger partial charge on any atom is 0.317 e. The van der Waals surface area contributed by atoms with Crippen LogP contribution in [-0.2, 0) is 4.79 Å². The van der Waals surface area contributed by atoms with Gasteiger partial charge in [-0.25, -0.2) is 4.79 Å². The summed E-state index contributed by atoms with van der Waals surface area (Å²) in [5, 5.41) is 11.7. The number of carbonyl (C=O) groups is 2. The van der Waals surface area contributed by atoms with Gasteiger partial charge in [-0.3, -0.25) is 4.79 Å². The average Bonchev–Trinajstić information content (AvgIpc) is 2.37. The summed E-state index contributed by atoms with van der Waals surface area (Å²) in [6, 6.07) is 0.292. The second-order valence-corrected chi connectivity index (χ2v) is 7.31. The van der Waals surface area contributed by atoms with Crippen molar-refractivity contribution < 1.29 is 14.7 Å². The Bertz CT molecular complexity index is 347. The van der Waals surface area contributed by atoms with Gasteiger partial charge in [0, 0.05) is 37.1 Å². The molecule has 1 atom stereocenters. The molecule has 5 nitrogen and oxygen atoms in total. The minimum absolute atomic E-state index is 0.00633. The second kappa shape index (κ2) is 7.76. The summed E-state index contributed by atoms with van der Waals surface area (Å²) in [4.78, 5) is 24.6. The van der Waals surface area contributed by atoms with Crippen molar-refractivity contribution in [2.75, 3.05) is 24.6 Å². The Balaban J connectivity index is 2.28. The van der Waals surface area contributed by atoms with Crippen molar-refractivity contribution in [3.8, 4) is 0 Å². The van der Waals surface area contributed by atoms with E-state index in [0.717, 1.165) is 24.5 Å². The number of rotatable bonds is 6. The number of carboxylic acids is 1. The van der Waals surface area contributed by atoms with E-state index in [1.165, 1.54) is 0 Å². The van der Waals surface area contributed by atoms with E-state index in [1.54, 1.807) is 0 Å². The maximum absolute atomic E-state index is 12.1. The van der Waals surface area contributed by atoms with Crippen LogP contribution >= 0.6 is 11.8 Å². The molecule has 0 aromatic heterocycles. The lowest BCUT2D eigenvalue weighted by Gasteiger charge is -2.33. The third-order valence-corrected chi connectivity index (χ3v) is 4.91. The Hall–Kier alpha value is -0.910. The number of carbonyl (C=O) groups excluding carboxylic acids is 1. The van der Waals surface area contributed by atoms with Gasteiger partial charge in [-0.15, -0.1) is 0 Å². The molecule has 20 heavy (non-hydrogen) atoms. The van der Waals surface area contributed by atoms with Crippen LogP contribution in [0.25, 0.3) is 0 Å².